The molecule has 0 aromatic carbocycles. The third-order valence-corrected chi connectivity index (χ3v) is 0.542. The van der Waals surface area contributed by atoms with Gasteiger partial charge in [-0.05, 0) is 55.4 Å². The van der Waals surface area contributed by atoms with Crippen molar-refractivity contribution in [1.29, 1.82) is 0 Å². The predicted molar refractivity (Wildman–Crippen MR) is 59.0 cm³/mol. The monoisotopic (exact) mass is 206 g/mol. The van der Waals surface area contributed by atoms with Crippen LogP contribution >= 0.6 is 0 Å². The SMILES string of the molecule is CC(C)(C)OOC(C)(C)C.CC(C)O. The lowest BCUT2D eigenvalue weighted by atomic mass is 10.2. The molecule has 0 aliphatic carbocycles. The van der Waals surface area contributed by atoms with Crippen molar-refractivity contribution in [2.75, 3.05) is 0 Å². The first kappa shape index (κ1) is 16.3. The summed E-state index contributed by atoms with van der Waals surface area (Å²) in [4.78, 5) is 10.2. The van der Waals surface area contributed by atoms with E-state index in [1.807, 2.05) is 41.5 Å². The van der Waals surface area contributed by atoms with Crippen molar-refractivity contribution in [3.8, 4) is 0 Å². The van der Waals surface area contributed by atoms with E-state index in [9.17, 15) is 0 Å². The molecule has 0 aromatic heterocycles. The molecule has 0 saturated carbocycles. The second-order valence-corrected chi connectivity index (χ2v) is 5.49. The Balaban J connectivity index is 0. The van der Waals surface area contributed by atoms with Crippen molar-refractivity contribution >= 4 is 0 Å². The lowest BCUT2D eigenvalue weighted by Crippen LogP contribution is -2.27. The zero-order valence-corrected chi connectivity index (χ0v) is 10.8. The predicted octanol–water partition coefficient (Wildman–Crippen LogP) is 2.92. The zero-order valence-electron chi connectivity index (χ0n) is 10.8. The highest BCUT2D eigenvalue weighted by Crippen LogP contribution is 2.14. The van der Waals surface area contributed by atoms with Gasteiger partial charge in [0.05, 0.1) is 11.2 Å². The van der Waals surface area contributed by atoms with Crippen LogP contribution in [0.1, 0.15) is 55.4 Å². The number of hydrogen-bond donors (Lipinski definition) is 1. The molecule has 0 rings (SSSR count). The fourth-order valence-electron chi connectivity index (χ4n) is 0.250. The average molecular weight is 206 g/mol. The van der Waals surface area contributed by atoms with Crippen LogP contribution in [0.15, 0.2) is 0 Å². The molecule has 3 heteroatoms. The van der Waals surface area contributed by atoms with Crippen LogP contribution in [0, 0.1) is 0 Å². The summed E-state index contributed by atoms with van der Waals surface area (Å²) in [7, 11) is 0. The van der Waals surface area contributed by atoms with Crippen LogP contribution in [0.4, 0.5) is 0 Å². The third-order valence-electron chi connectivity index (χ3n) is 0.542. The van der Waals surface area contributed by atoms with Crippen LogP contribution in [0.5, 0.6) is 0 Å². The molecule has 0 aliphatic heterocycles. The molecule has 0 heterocycles. The molecule has 88 valence electrons. The first-order valence-corrected chi connectivity index (χ1v) is 4.99. The molecule has 0 unspecified atom stereocenters. The highest BCUT2D eigenvalue weighted by molar-refractivity contribution is 4.58. The molecular formula is C11H26O3. The summed E-state index contributed by atoms with van der Waals surface area (Å²) in [5, 5.41) is 8.06. The summed E-state index contributed by atoms with van der Waals surface area (Å²) >= 11 is 0. The van der Waals surface area contributed by atoms with Gasteiger partial charge in [-0.3, -0.25) is 0 Å². The van der Waals surface area contributed by atoms with Crippen molar-refractivity contribution in [2.24, 2.45) is 0 Å². The lowest BCUT2D eigenvalue weighted by Gasteiger charge is -2.24. The smallest absolute Gasteiger partial charge is 0.0952 e. The molecule has 0 aliphatic rings. The molecule has 0 radical (unpaired) electrons. The average Bonchev–Trinajstić information content (AvgIpc) is 1.79. The van der Waals surface area contributed by atoms with Gasteiger partial charge in [0.15, 0.2) is 0 Å². The van der Waals surface area contributed by atoms with Crippen molar-refractivity contribution in [2.45, 2.75) is 72.7 Å². The van der Waals surface area contributed by atoms with E-state index in [0.29, 0.717) is 0 Å². The summed E-state index contributed by atoms with van der Waals surface area (Å²) in [6.07, 6.45) is -0.167. The van der Waals surface area contributed by atoms with E-state index in [0.717, 1.165) is 0 Å². The second kappa shape index (κ2) is 6.38. The second-order valence-electron chi connectivity index (χ2n) is 5.49. The molecule has 3 nitrogen and oxygen atoms in total. The van der Waals surface area contributed by atoms with Gasteiger partial charge in [-0.15, -0.1) is 0 Å². The maximum Gasteiger partial charge on any atom is 0.0952 e. The summed E-state index contributed by atoms with van der Waals surface area (Å²) in [5.74, 6) is 0. The maximum atomic E-state index is 8.06. The molecule has 0 saturated heterocycles. The summed E-state index contributed by atoms with van der Waals surface area (Å²) in [6.45, 7) is 15.2. The van der Waals surface area contributed by atoms with E-state index in [-0.39, 0.29) is 17.3 Å². The largest absolute Gasteiger partial charge is 0.394 e. The minimum Gasteiger partial charge on any atom is -0.394 e. The van der Waals surface area contributed by atoms with Crippen LogP contribution < -0.4 is 0 Å². The van der Waals surface area contributed by atoms with Crippen molar-refractivity contribution in [3.05, 3.63) is 0 Å². The Bertz CT molecular complexity index is 112. The van der Waals surface area contributed by atoms with Gasteiger partial charge in [0.25, 0.3) is 0 Å². The summed E-state index contributed by atoms with van der Waals surface area (Å²) in [6, 6.07) is 0. The van der Waals surface area contributed by atoms with Crippen LogP contribution in [0.3, 0.4) is 0 Å². The standard InChI is InChI=1S/C8H18O2.C3H8O/c1-7(2,3)9-10-8(4,5)6;1-3(2)4/h1-6H3;3-4H,1-2H3. The van der Waals surface area contributed by atoms with E-state index < -0.39 is 0 Å². The van der Waals surface area contributed by atoms with Crippen LogP contribution in [-0.2, 0) is 9.78 Å². The van der Waals surface area contributed by atoms with E-state index in [1.54, 1.807) is 13.8 Å². The molecule has 0 bridgehead atoms. The quantitative estimate of drug-likeness (QED) is 0.529. The molecule has 1 N–H and O–H groups in total. The molecule has 0 amide bonds. The van der Waals surface area contributed by atoms with E-state index in [4.69, 9.17) is 14.9 Å². The Morgan fingerprint density at radius 1 is 0.786 bits per heavy atom. The van der Waals surface area contributed by atoms with Crippen LogP contribution in [0.2, 0.25) is 0 Å². The van der Waals surface area contributed by atoms with Gasteiger partial charge in [0.1, 0.15) is 0 Å². The molecule has 0 spiro atoms. The lowest BCUT2D eigenvalue weighted by molar-refractivity contribution is -0.393. The van der Waals surface area contributed by atoms with Crippen LogP contribution in [0.25, 0.3) is 0 Å². The van der Waals surface area contributed by atoms with Gasteiger partial charge in [0.2, 0.25) is 0 Å². The molecule has 0 atom stereocenters. The van der Waals surface area contributed by atoms with Gasteiger partial charge >= 0.3 is 0 Å². The fourth-order valence-corrected chi connectivity index (χ4v) is 0.250. The Hall–Kier alpha value is -0.120. The van der Waals surface area contributed by atoms with E-state index in [2.05, 4.69) is 0 Å². The Morgan fingerprint density at radius 2 is 0.929 bits per heavy atom. The number of rotatable bonds is 1. The molecule has 0 aromatic rings. The van der Waals surface area contributed by atoms with E-state index in [1.165, 1.54) is 0 Å². The minimum atomic E-state index is -0.215. The Kier molecular flexibility index (Phi) is 7.43. The highest BCUT2D eigenvalue weighted by Gasteiger charge is 2.18. The van der Waals surface area contributed by atoms with Gasteiger partial charge in [0, 0.05) is 6.10 Å². The third kappa shape index (κ3) is 29.7. The number of aliphatic hydroxyl groups is 1. The number of aliphatic hydroxyl groups excluding tert-OH is 1. The topological polar surface area (TPSA) is 38.7 Å². The van der Waals surface area contributed by atoms with Gasteiger partial charge in [-0.25, -0.2) is 9.78 Å². The van der Waals surface area contributed by atoms with Crippen molar-refractivity contribution in [1.82, 2.24) is 0 Å². The van der Waals surface area contributed by atoms with Gasteiger partial charge < -0.3 is 5.11 Å². The van der Waals surface area contributed by atoms with Gasteiger partial charge in [-0.1, -0.05) is 0 Å². The summed E-state index contributed by atoms with van der Waals surface area (Å²) in [5.41, 5.74) is -0.430. The van der Waals surface area contributed by atoms with Crippen molar-refractivity contribution in [3.63, 3.8) is 0 Å². The molecular weight excluding hydrogens is 180 g/mol. The normalized spacial score (nSPS) is 12.4. The zero-order chi connectivity index (χ0) is 12.0. The number of hydrogen-bond acceptors (Lipinski definition) is 3. The Labute approximate surface area is 88.3 Å². The first-order valence-electron chi connectivity index (χ1n) is 4.99. The van der Waals surface area contributed by atoms with E-state index >= 15 is 0 Å². The van der Waals surface area contributed by atoms with Gasteiger partial charge in [-0.2, -0.15) is 0 Å². The highest BCUT2D eigenvalue weighted by atomic mass is 17.2. The van der Waals surface area contributed by atoms with Crippen LogP contribution in [-0.4, -0.2) is 22.4 Å². The Morgan fingerprint density at radius 3 is 1.00 bits per heavy atom. The first-order chi connectivity index (χ1) is 5.94. The maximum absolute atomic E-state index is 8.06. The summed E-state index contributed by atoms with van der Waals surface area (Å²) < 4.78 is 0. The molecule has 0 fully saturated rings. The minimum absolute atomic E-state index is 0.167. The van der Waals surface area contributed by atoms with Crippen molar-refractivity contribution < 1.29 is 14.9 Å². The fraction of sp³-hybridized carbons (Fsp3) is 1.00. The molecule has 14 heavy (non-hydrogen) atoms.